The number of carbonyl (C=O) groups is 1. The Hall–Kier alpha value is -0.780. The summed E-state index contributed by atoms with van der Waals surface area (Å²) in [7, 11) is 0. The highest BCUT2D eigenvalue weighted by molar-refractivity contribution is 5.84. The summed E-state index contributed by atoms with van der Waals surface area (Å²) in [5.41, 5.74) is -2.22. The molecule has 1 aliphatic heterocycles. The molecule has 1 saturated heterocycles. The molecule has 6 heteroatoms. The molecule has 1 heterocycles. The first-order valence-corrected chi connectivity index (χ1v) is 7.86. The molecule has 1 amide bonds. The zero-order valence-corrected chi connectivity index (χ0v) is 12.8. The largest absolute Gasteiger partial charge is 0.404 e. The second-order valence-corrected chi connectivity index (χ2v) is 6.80. The molecule has 2 aliphatic rings. The van der Waals surface area contributed by atoms with Crippen molar-refractivity contribution in [2.45, 2.75) is 58.2 Å². The predicted molar refractivity (Wildman–Crippen MR) is 74.8 cm³/mol. The molecule has 0 aromatic rings. The van der Waals surface area contributed by atoms with Gasteiger partial charge in [-0.15, -0.1) is 0 Å². The fourth-order valence-corrected chi connectivity index (χ4v) is 3.52. The lowest BCUT2D eigenvalue weighted by Crippen LogP contribution is -2.56. The molecule has 1 saturated carbocycles. The lowest BCUT2D eigenvalue weighted by atomic mass is 9.83. The Morgan fingerprint density at radius 1 is 1.33 bits per heavy atom. The Morgan fingerprint density at radius 3 is 2.38 bits per heavy atom. The Balaban J connectivity index is 2.26. The van der Waals surface area contributed by atoms with Crippen molar-refractivity contribution >= 4 is 5.91 Å². The van der Waals surface area contributed by atoms with Crippen LogP contribution in [0.15, 0.2) is 0 Å². The molecule has 1 unspecified atom stereocenters. The average molecular weight is 306 g/mol. The molecule has 0 bridgehead atoms. The smallest absolute Gasteiger partial charge is 0.339 e. The molecule has 122 valence electrons. The lowest BCUT2D eigenvalue weighted by Gasteiger charge is -2.39. The van der Waals surface area contributed by atoms with E-state index in [-0.39, 0.29) is 31.5 Å². The van der Waals surface area contributed by atoms with Gasteiger partial charge in [-0.25, -0.2) is 0 Å². The van der Waals surface area contributed by atoms with Gasteiger partial charge in [0.05, 0.1) is 0 Å². The van der Waals surface area contributed by atoms with E-state index in [2.05, 4.69) is 5.32 Å². The van der Waals surface area contributed by atoms with E-state index in [9.17, 15) is 18.0 Å². The van der Waals surface area contributed by atoms with E-state index in [1.165, 1.54) is 4.90 Å². The summed E-state index contributed by atoms with van der Waals surface area (Å²) in [5.74, 6) is -0.533. The number of hydrogen-bond donors (Lipinski definition) is 1. The van der Waals surface area contributed by atoms with Crippen LogP contribution in [0, 0.1) is 11.3 Å². The summed E-state index contributed by atoms with van der Waals surface area (Å²) in [6.07, 6.45) is -0.953. The molecule has 1 atom stereocenters. The van der Waals surface area contributed by atoms with E-state index in [0.717, 1.165) is 25.7 Å². The maximum absolute atomic E-state index is 13.6. The number of halogens is 3. The van der Waals surface area contributed by atoms with Gasteiger partial charge in [0.25, 0.3) is 0 Å². The summed E-state index contributed by atoms with van der Waals surface area (Å²) in [4.78, 5) is 14.3. The summed E-state index contributed by atoms with van der Waals surface area (Å²) < 4.78 is 40.7. The van der Waals surface area contributed by atoms with Crippen LogP contribution < -0.4 is 5.32 Å². The number of hydrogen-bond acceptors (Lipinski definition) is 2. The first-order chi connectivity index (χ1) is 9.78. The molecule has 1 N–H and O–H groups in total. The fraction of sp³-hybridized carbons (Fsp3) is 0.933. The van der Waals surface area contributed by atoms with Gasteiger partial charge in [-0.1, -0.05) is 26.7 Å². The average Bonchev–Trinajstić information content (AvgIpc) is 3.05. The summed E-state index contributed by atoms with van der Waals surface area (Å²) in [6.45, 7) is 4.29. The number of carbonyl (C=O) groups excluding carboxylic acids is 1. The van der Waals surface area contributed by atoms with Gasteiger partial charge in [0.1, 0.15) is 0 Å². The van der Waals surface area contributed by atoms with Gasteiger partial charge in [-0.2, -0.15) is 13.2 Å². The van der Waals surface area contributed by atoms with Crippen molar-refractivity contribution in [2.75, 3.05) is 19.6 Å². The number of nitrogens with zero attached hydrogens (tertiary/aromatic N) is 1. The lowest BCUT2D eigenvalue weighted by molar-refractivity contribution is -0.223. The van der Waals surface area contributed by atoms with Gasteiger partial charge >= 0.3 is 6.18 Å². The number of alkyl halides is 3. The van der Waals surface area contributed by atoms with E-state index >= 15 is 0 Å². The van der Waals surface area contributed by atoms with Crippen LogP contribution in [-0.2, 0) is 4.79 Å². The van der Waals surface area contributed by atoms with Crippen LogP contribution >= 0.6 is 0 Å². The molecule has 1 aliphatic carbocycles. The number of nitrogens with one attached hydrogen (secondary N) is 1. The molecule has 0 aromatic carbocycles. The first kappa shape index (κ1) is 16.6. The van der Waals surface area contributed by atoms with Crippen molar-refractivity contribution in [3.05, 3.63) is 0 Å². The van der Waals surface area contributed by atoms with Crippen LogP contribution in [0.1, 0.15) is 46.0 Å². The van der Waals surface area contributed by atoms with E-state index in [0.29, 0.717) is 6.54 Å². The van der Waals surface area contributed by atoms with Crippen molar-refractivity contribution in [1.82, 2.24) is 10.2 Å². The quantitative estimate of drug-likeness (QED) is 0.866. The third kappa shape index (κ3) is 3.20. The van der Waals surface area contributed by atoms with Crippen LogP contribution in [-0.4, -0.2) is 42.7 Å². The fourth-order valence-electron chi connectivity index (χ4n) is 3.52. The van der Waals surface area contributed by atoms with E-state index in [1.807, 2.05) is 13.8 Å². The Kier molecular flexibility index (Phi) is 4.85. The summed E-state index contributed by atoms with van der Waals surface area (Å²) >= 11 is 0. The van der Waals surface area contributed by atoms with Gasteiger partial charge in [0, 0.05) is 19.1 Å². The van der Waals surface area contributed by atoms with Crippen molar-refractivity contribution in [1.29, 1.82) is 0 Å². The van der Waals surface area contributed by atoms with Gasteiger partial charge < -0.3 is 10.2 Å². The van der Waals surface area contributed by atoms with E-state index in [4.69, 9.17) is 0 Å². The SMILES string of the molecule is CC(C)CN(C(=O)C1(C(F)(F)F)CCNC1)C1CCCC1. The number of rotatable bonds is 4. The maximum atomic E-state index is 13.6. The molecule has 0 aromatic heterocycles. The number of amides is 1. The highest BCUT2D eigenvalue weighted by Crippen LogP contribution is 2.45. The molecule has 2 rings (SSSR count). The van der Waals surface area contributed by atoms with E-state index < -0.39 is 17.5 Å². The maximum Gasteiger partial charge on any atom is 0.404 e. The first-order valence-electron chi connectivity index (χ1n) is 7.86. The standard InChI is InChI=1S/C15H25F3N2O/c1-11(2)9-20(12-5-3-4-6-12)13(21)14(15(16,17)18)7-8-19-10-14/h11-12,19H,3-10H2,1-2H3. The molecule has 3 nitrogen and oxygen atoms in total. The highest BCUT2D eigenvalue weighted by Gasteiger charge is 2.62. The second-order valence-electron chi connectivity index (χ2n) is 6.80. The molecule has 0 spiro atoms. The second kappa shape index (κ2) is 6.15. The van der Waals surface area contributed by atoms with Crippen LogP contribution in [0.2, 0.25) is 0 Å². The topological polar surface area (TPSA) is 32.3 Å². The van der Waals surface area contributed by atoms with Crippen molar-refractivity contribution in [3.63, 3.8) is 0 Å². The van der Waals surface area contributed by atoms with Crippen molar-refractivity contribution in [3.8, 4) is 0 Å². The van der Waals surface area contributed by atoms with Crippen LogP contribution in [0.3, 0.4) is 0 Å². The molecular weight excluding hydrogens is 281 g/mol. The molecule has 2 fully saturated rings. The van der Waals surface area contributed by atoms with Crippen molar-refractivity contribution < 1.29 is 18.0 Å². The van der Waals surface area contributed by atoms with Crippen LogP contribution in [0.5, 0.6) is 0 Å². The zero-order chi connectivity index (χ0) is 15.7. The molecule has 0 radical (unpaired) electrons. The predicted octanol–water partition coefficient (Wildman–Crippen LogP) is 2.96. The van der Waals surface area contributed by atoms with Gasteiger partial charge in [0.15, 0.2) is 5.41 Å². The monoisotopic (exact) mass is 306 g/mol. The van der Waals surface area contributed by atoms with Gasteiger partial charge in [0.2, 0.25) is 5.91 Å². The van der Waals surface area contributed by atoms with Gasteiger partial charge in [-0.05, 0) is 31.7 Å². The van der Waals surface area contributed by atoms with Crippen LogP contribution in [0.25, 0.3) is 0 Å². The van der Waals surface area contributed by atoms with Gasteiger partial charge in [-0.3, -0.25) is 4.79 Å². The summed E-state index contributed by atoms with van der Waals surface area (Å²) in [6, 6.07) is -0.0141. The Labute approximate surface area is 124 Å². The third-order valence-corrected chi connectivity index (χ3v) is 4.70. The minimum absolute atomic E-state index is 0.0141. The third-order valence-electron chi connectivity index (χ3n) is 4.70. The summed E-state index contributed by atoms with van der Waals surface area (Å²) in [5, 5.41) is 2.73. The van der Waals surface area contributed by atoms with Crippen LogP contribution in [0.4, 0.5) is 13.2 Å². The highest BCUT2D eigenvalue weighted by atomic mass is 19.4. The van der Waals surface area contributed by atoms with Crippen molar-refractivity contribution in [2.24, 2.45) is 11.3 Å². The minimum atomic E-state index is -4.48. The molecular formula is C15H25F3N2O. The normalized spacial score (nSPS) is 27.5. The van der Waals surface area contributed by atoms with E-state index in [1.54, 1.807) is 0 Å². The Morgan fingerprint density at radius 2 is 1.95 bits per heavy atom. The zero-order valence-electron chi connectivity index (χ0n) is 12.8. The minimum Gasteiger partial charge on any atom is -0.339 e. The Bertz CT molecular complexity index is 370. The molecule has 21 heavy (non-hydrogen) atoms.